The third-order valence-corrected chi connectivity index (χ3v) is 3.14. The molecule has 0 fully saturated rings. The van der Waals surface area contributed by atoms with Crippen molar-refractivity contribution in [1.29, 1.82) is 0 Å². The molecule has 0 aliphatic carbocycles. The van der Waals surface area contributed by atoms with Crippen molar-refractivity contribution < 1.29 is 18.7 Å². The normalized spacial score (nSPS) is 12.5. The van der Waals surface area contributed by atoms with E-state index in [1.54, 1.807) is 0 Å². The molecule has 0 bridgehead atoms. The van der Waals surface area contributed by atoms with Crippen LogP contribution in [0.3, 0.4) is 0 Å². The monoisotopic (exact) mass is 360 g/mol. The number of rotatable bonds is 4. The van der Waals surface area contributed by atoms with E-state index in [2.05, 4.69) is 9.97 Å². The van der Waals surface area contributed by atoms with E-state index in [4.69, 9.17) is 8.83 Å². The van der Waals surface area contributed by atoms with Crippen molar-refractivity contribution >= 4 is 23.9 Å². The molecule has 12 heteroatoms. The molecular formula is C14H8N4O8. The molecule has 0 saturated heterocycles. The zero-order chi connectivity index (χ0) is 18.8. The average Bonchev–Trinajstić information content (AvgIpc) is 3.21. The van der Waals surface area contributed by atoms with Crippen molar-refractivity contribution in [2.24, 2.45) is 0 Å². The van der Waals surface area contributed by atoms with Gasteiger partial charge < -0.3 is 18.8 Å². The van der Waals surface area contributed by atoms with Gasteiger partial charge in [-0.3, -0.25) is 29.8 Å². The maximum absolute atomic E-state index is 12.0. The van der Waals surface area contributed by atoms with Gasteiger partial charge in [0, 0.05) is 12.2 Å². The number of hydrogen-bond donors (Lipinski definition) is 2. The van der Waals surface area contributed by atoms with Gasteiger partial charge in [0.05, 0.1) is 12.1 Å². The Morgan fingerprint density at radius 3 is 1.46 bits per heavy atom. The van der Waals surface area contributed by atoms with Crippen LogP contribution in [-0.2, 0) is 0 Å². The molecule has 0 aliphatic heterocycles. The maximum atomic E-state index is 12.0. The highest BCUT2D eigenvalue weighted by molar-refractivity contribution is 5.45. The minimum atomic E-state index is -0.745. The smallest absolute Gasteiger partial charge is 0.401 e. The van der Waals surface area contributed by atoms with Gasteiger partial charge >= 0.3 is 11.8 Å². The van der Waals surface area contributed by atoms with Crippen molar-refractivity contribution in [2.45, 2.75) is 0 Å². The third kappa shape index (κ3) is 3.33. The number of nitrogens with zero attached hydrogens (tertiary/aromatic N) is 2. The van der Waals surface area contributed by atoms with Crippen LogP contribution < -0.4 is 21.8 Å². The van der Waals surface area contributed by atoms with E-state index in [1.807, 2.05) is 0 Å². The molecular weight excluding hydrogens is 352 g/mol. The Morgan fingerprint density at radius 1 is 0.769 bits per heavy atom. The summed E-state index contributed by atoms with van der Waals surface area (Å²) < 4.78 is 9.76. The standard InChI is InChI=1S/C14H8N4O8/c19-13-9(5-7-1-3-11(25-7)17(21)22)15-14(20)10(16-13)6-8-2-4-12(26-8)18(23)24/h1-6H,(H,15,20)(H,16,19). The fraction of sp³-hybridized carbons (Fsp3) is 0. The molecule has 0 amide bonds. The summed E-state index contributed by atoms with van der Waals surface area (Å²) in [6.45, 7) is 0. The van der Waals surface area contributed by atoms with Crippen molar-refractivity contribution in [2.75, 3.05) is 0 Å². The van der Waals surface area contributed by atoms with Crippen LogP contribution in [0, 0.1) is 20.2 Å². The van der Waals surface area contributed by atoms with Crippen molar-refractivity contribution in [3.63, 3.8) is 0 Å². The fourth-order valence-corrected chi connectivity index (χ4v) is 2.02. The molecule has 12 nitrogen and oxygen atoms in total. The van der Waals surface area contributed by atoms with Gasteiger partial charge in [-0.2, -0.15) is 0 Å². The van der Waals surface area contributed by atoms with Crippen LogP contribution in [0.25, 0.3) is 12.2 Å². The first-order chi connectivity index (χ1) is 12.3. The van der Waals surface area contributed by atoms with Gasteiger partial charge in [0.2, 0.25) is 0 Å². The first-order valence-corrected chi connectivity index (χ1v) is 6.88. The number of nitrogens with one attached hydrogen (secondary N) is 2. The summed E-state index contributed by atoms with van der Waals surface area (Å²) in [7, 11) is 0. The SMILES string of the molecule is O=c1[nH]c(=Cc2ccc([N+](=O)[O-])o2)c(=O)[nH]c1=Cc1ccc([N+](=O)[O-])o1. The molecule has 0 aromatic carbocycles. The molecule has 0 radical (unpaired) electrons. The van der Waals surface area contributed by atoms with Gasteiger partial charge in [-0.15, -0.1) is 0 Å². The van der Waals surface area contributed by atoms with Crippen molar-refractivity contribution in [1.82, 2.24) is 9.97 Å². The molecule has 3 rings (SSSR count). The predicted molar refractivity (Wildman–Crippen MR) is 84.8 cm³/mol. The molecule has 0 unspecified atom stereocenters. The second kappa shape index (κ2) is 6.35. The Hall–Kier alpha value is -4.22. The molecule has 2 N–H and O–H groups in total. The Labute approximate surface area is 141 Å². The zero-order valence-electron chi connectivity index (χ0n) is 12.6. The second-order valence-electron chi connectivity index (χ2n) is 4.89. The summed E-state index contributed by atoms with van der Waals surface area (Å²) >= 11 is 0. The number of aromatic amines is 2. The highest BCUT2D eigenvalue weighted by Crippen LogP contribution is 2.16. The van der Waals surface area contributed by atoms with Crippen LogP contribution in [0.15, 0.2) is 42.7 Å². The van der Waals surface area contributed by atoms with E-state index >= 15 is 0 Å². The van der Waals surface area contributed by atoms with Gasteiger partial charge in [0.15, 0.2) is 0 Å². The number of nitro groups is 2. The summed E-state index contributed by atoms with van der Waals surface area (Å²) in [5.41, 5.74) is -1.42. The highest BCUT2D eigenvalue weighted by Gasteiger charge is 2.11. The Morgan fingerprint density at radius 2 is 1.15 bits per heavy atom. The van der Waals surface area contributed by atoms with Gasteiger partial charge in [0.25, 0.3) is 11.1 Å². The van der Waals surface area contributed by atoms with E-state index in [1.165, 1.54) is 12.1 Å². The Balaban J connectivity index is 2.05. The summed E-state index contributed by atoms with van der Waals surface area (Å²) in [4.78, 5) is 48.3. The molecule has 132 valence electrons. The lowest BCUT2D eigenvalue weighted by molar-refractivity contribution is -0.402. The van der Waals surface area contributed by atoms with E-state index < -0.39 is 32.7 Å². The van der Waals surface area contributed by atoms with Gasteiger partial charge in [0.1, 0.15) is 32.1 Å². The molecule has 26 heavy (non-hydrogen) atoms. The predicted octanol–water partition coefficient (Wildman–Crippen LogP) is -0.277. The van der Waals surface area contributed by atoms with E-state index in [0.29, 0.717) is 0 Å². The number of hydrogen-bond acceptors (Lipinski definition) is 8. The Kier molecular flexibility index (Phi) is 4.06. The van der Waals surface area contributed by atoms with Crippen LogP contribution in [-0.4, -0.2) is 19.8 Å². The van der Waals surface area contributed by atoms with Crippen LogP contribution in [0.1, 0.15) is 11.5 Å². The topological polar surface area (TPSA) is 178 Å². The summed E-state index contributed by atoms with van der Waals surface area (Å²) in [5, 5.41) is 20.7. The molecule has 0 spiro atoms. The minimum absolute atomic E-state index is 0.00348. The molecule has 0 aliphatic rings. The average molecular weight is 360 g/mol. The summed E-state index contributed by atoms with van der Waals surface area (Å²) in [6, 6.07) is 4.73. The number of furan rings is 2. The lowest BCUT2D eigenvalue weighted by Gasteiger charge is -1.90. The highest BCUT2D eigenvalue weighted by atomic mass is 16.7. The molecule has 3 heterocycles. The summed E-state index contributed by atoms with van der Waals surface area (Å²) in [6.07, 6.45) is 2.24. The van der Waals surface area contributed by atoms with Crippen LogP contribution in [0.2, 0.25) is 0 Å². The van der Waals surface area contributed by atoms with Gasteiger partial charge in [-0.05, 0) is 12.1 Å². The lowest BCUT2D eigenvalue weighted by Crippen LogP contribution is -2.46. The van der Waals surface area contributed by atoms with Gasteiger partial charge in [-0.25, -0.2) is 0 Å². The van der Waals surface area contributed by atoms with E-state index in [0.717, 1.165) is 24.3 Å². The quantitative estimate of drug-likeness (QED) is 0.471. The lowest BCUT2D eigenvalue weighted by atomic mass is 10.3. The minimum Gasteiger partial charge on any atom is -0.401 e. The maximum Gasteiger partial charge on any atom is 0.433 e. The first-order valence-electron chi connectivity index (χ1n) is 6.88. The molecule has 0 saturated carbocycles. The van der Waals surface area contributed by atoms with Crippen molar-refractivity contribution in [3.8, 4) is 0 Å². The fourth-order valence-electron chi connectivity index (χ4n) is 2.02. The van der Waals surface area contributed by atoms with Gasteiger partial charge in [-0.1, -0.05) is 0 Å². The first kappa shape index (κ1) is 16.6. The van der Waals surface area contributed by atoms with Crippen LogP contribution in [0.5, 0.6) is 0 Å². The molecule has 0 atom stereocenters. The Bertz CT molecular complexity index is 1140. The summed E-state index contributed by atoms with van der Waals surface area (Å²) in [5.74, 6) is -1.04. The largest absolute Gasteiger partial charge is 0.433 e. The second-order valence-corrected chi connectivity index (χ2v) is 4.89. The molecule has 3 aromatic rings. The van der Waals surface area contributed by atoms with Crippen molar-refractivity contribution in [3.05, 3.63) is 87.4 Å². The number of aromatic nitrogens is 2. The zero-order valence-corrected chi connectivity index (χ0v) is 12.6. The van der Waals surface area contributed by atoms with E-state index in [-0.39, 0.29) is 22.2 Å². The van der Waals surface area contributed by atoms with Crippen LogP contribution in [0.4, 0.5) is 11.8 Å². The van der Waals surface area contributed by atoms with E-state index in [9.17, 15) is 29.8 Å². The van der Waals surface area contributed by atoms with Crippen LogP contribution >= 0.6 is 0 Å². The number of H-pyrrole nitrogens is 2. The third-order valence-electron chi connectivity index (χ3n) is 3.14. The molecule has 3 aromatic heterocycles.